The smallest absolute Gasteiger partial charge is 0.358 e. The first kappa shape index (κ1) is 14.8. The second-order valence-electron chi connectivity index (χ2n) is 4.43. The van der Waals surface area contributed by atoms with Gasteiger partial charge in [-0.2, -0.15) is 0 Å². The highest BCUT2D eigenvalue weighted by atomic mass is 32.2. The van der Waals surface area contributed by atoms with E-state index in [-0.39, 0.29) is 0 Å². The third-order valence-electron chi connectivity index (χ3n) is 2.97. The van der Waals surface area contributed by atoms with Crippen molar-refractivity contribution in [2.24, 2.45) is 0 Å². The number of benzene rings is 2. The standard InChI is InChI=1S/C17H13NO2S2/c1-20-16(19)14-15(12-8-4-2-5-9-12)22-17(18-14)21-13-10-6-3-7-11-13/h2-11H,1H3. The molecule has 0 saturated carbocycles. The van der Waals surface area contributed by atoms with Crippen LogP contribution in [0.4, 0.5) is 0 Å². The summed E-state index contributed by atoms with van der Waals surface area (Å²) in [5.41, 5.74) is 1.34. The van der Waals surface area contributed by atoms with Crippen molar-refractivity contribution < 1.29 is 9.53 Å². The van der Waals surface area contributed by atoms with Crippen molar-refractivity contribution in [2.45, 2.75) is 9.24 Å². The summed E-state index contributed by atoms with van der Waals surface area (Å²) in [4.78, 5) is 18.4. The number of carbonyl (C=O) groups excluding carboxylic acids is 1. The van der Waals surface area contributed by atoms with Crippen LogP contribution in [0.15, 0.2) is 69.9 Å². The van der Waals surface area contributed by atoms with E-state index in [9.17, 15) is 4.79 Å². The first-order chi connectivity index (χ1) is 10.8. The van der Waals surface area contributed by atoms with E-state index in [4.69, 9.17) is 4.74 Å². The molecule has 0 bridgehead atoms. The molecule has 110 valence electrons. The maximum atomic E-state index is 12.0. The van der Waals surface area contributed by atoms with Gasteiger partial charge in [0.15, 0.2) is 10.0 Å². The molecule has 0 fully saturated rings. The van der Waals surface area contributed by atoms with Gasteiger partial charge in [-0.05, 0) is 17.7 Å². The van der Waals surface area contributed by atoms with Crippen LogP contribution in [-0.2, 0) is 4.74 Å². The topological polar surface area (TPSA) is 39.2 Å². The van der Waals surface area contributed by atoms with Gasteiger partial charge in [0.25, 0.3) is 0 Å². The van der Waals surface area contributed by atoms with Crippen molar-refractivity contribution in [3.63, 3.8) is 0 Å². The minimum absolute atomic E-state index is 0.372. The number of methoxy groups -OCH3 is 1. The Morgan fingerprint density at radius 1 is 1.05 bits per heavy atom. The highest BCUT2D eigenvalue weighted by molar-refractivity contribution is 8.01. The lowest BCUT2D eigenvalue weighted by Gasteiger charge is -1.99. The van der Waals surface area contributed by atoms with Crippen LogP contribution in [0.3, 0.4) is 0 Å². The number of hydrogen-bond acceptors (Lipinski definition) is 5. The lowest BCUT2D eigenvalue weighted by Crippen LogP contribution is -2.03. The van der Waals surface area contributed by atoms with Crippen LogP contribution in [0.1, 0.15) is 10.5 Å². The number of hydrogen-bond donors (Lipinski definition) is 0. The summed E-state index contributed by atoms with van der Waals surface area (Å²) in [7, 11) is 1.38. The highest BCUT2D eigenvalue weighted by Gasteiger charge is 2.20. The second-order valence-corrected chi connectivity index (χ2v) is 6.75. The Morgan fingerprint density at radius 3 is 2.32 bits per heavy atom. The monoisotopic (exact) mass is 327 g/mol. The van der Waals surface area contributed by atoms with Crippen molar-refractivity contribution in [1.82, 2.24) is 4.98 Å². The Balaban J connectivity index is 2.00. The summed E-state index contributed by atoms with van der Waals surface area (Å²) in [6.45, 7) is 0. The zero-order chi connectivity index (χ0) is 15.4. The molecule has 0 spiro atoms. The van der Waals surface area contributed by atoms with Gasteiger partial charge in [0.1, 0.15) is 0 Å². The lowest BCUT2D eigenvalue weighted by molar-refractivity contribution is 0.0595. The van der Waals surface area contributed by atoms with Crippen molar-refractivity contribution in [3.8, 4) is 10.4 Å². The molecule has 0 aliphatic carbocycles. The van der Waals surface area contributed by atoms with Crippen molar-refractivity contribution in [2.75, 3.05) is 7.11 Å². The Kier molecular flexibility index (Phi) is 4.56. The average Bonchev–Trinajstić information content (AvgIpc) is 3.00. The zero-order valence-electron chi connectivity index (χ0n) is 11.9. The fourth-order valence-electron chi connectivity index (χ4n) is 1.95. The molecule has 22 heavy (non-hydrogen) atoms. The molecule has 0 radical (unpaired) electrons. The van der Waals surface area contributed by atoms with Crippen LogP contribution in [0.2, 0.25) is 0 Å². The molecule has 0 unspecified atom stereocenters. The van der Waals surface area contributed by atoms with Gasteiger partial charge >= 0.3 is 5.97 Å². The van der Waals surface area contributed by atoms with Crippen LogP contribution in [-0.4, -0.2) is 18.1 Å². The third-order valence-corrected chi connectivity index (χ3v) is 5.14. The Hall–Kier alpha value is -2.11. The summed E-state index contributed by atoms with van der Waals surface area (Å²) in [6, 6.07) is 19.7. The first-order valence-electron chi connectivity index (χ1n) is 6.65. The minimum Gasteiger partial charge on any atom is -0.464 e. The highest BCUT2D eigenvalue weighted by Crippen LogP contribution is 2.38. The first-order valence-corrected chi connectivity index (χ1v) is 8.28. The summed E-state index contributed by atoms with van der Waals surface area (Å²) < 4.78 is 5.68. The number of aromatic nitrogens is 1. The molecule has 0 N–H and O–H groups in total. The number of nitrogens with zero attached hydrogens (tertiary/aromatic N) is 1. The van der Waals surface area contributed by atoms with Gasteiger partial charge in [0.05, 0.1) is 12.0 Å². The van der Waals surface area contributed by atoms with Gasteiger partial charge in [-0.1, -0.05) is 60.3 Å². The average molecular weight is 327 g/mol. The maximum Gasteiger partial charge on any atom is 0.358 e. The molecule has 0 saturated heterocycles. The van der Waals surface area contributed by atoms with E-state index in [1.807, 2.05) is 60.7 Å². The molecule has 3 rings (SSSR count). The number of carbonyl (C=O) groups is 1. The molecule has 3 aromatic rings. The molecule has 2 aromatic carbocycles. The molecule has 0 amide bonds. The van der Waals surface area contributed by atoms with E-state index in [1.165, 1.54) is 18.4 Å². The Bertz CT molecular complexity index is 770. The molecule has 1 aromatic heterocycles. The van der Waals surface area contributed by atoms with E-state index < -0.39 is 5.97 Å². The molecular weight excluding hydrogens is 314 g/mol. The fourth-order valence-corrected chi connectivity index (χ4v) is 4.08. The minimum atomic E-state index is -0.407. The molecule has 0 aliphatic rings. The largest absolute Gasteiger partial charge is 0.464 e. The quantitative estimate of drug-likeness (QED) is 0.648. The Labute approximate surface area is 137 Å². The van der Waals surface area contributed by atoms with E-state index in [0.717, 1.165) is 19.7 Å². The molecular formula is C17H13NO2S2. The summed E-state index contributed by atoms with van der Waals surface area (Å²) in [5.74, 6) is -0.407. The predicted molar refractivity (Wildman–Crippen MR) is 89.5 cm³/mol. The summed E-state index contributed by atoms with van der Waals surface area (Å²) in [6.07, 6.45) is 0. The summed E-state index contributed by atoms with van der Waals surface area (Å²) >= 11 is 3.05. The number of ether oxygens (including phenoxy) is 1. The van der Waals surface area contributed by atoms with Gasteiger partial charge in [-0.15, -0.1) is 11.3 Å². The number of rotatable bonds is 4. The number of esters is 1. The second kappa shape index (κ2) is 6.77. The molecule has 5 heteroatoms. The molecule has 0 aliphatic heterocycles. The summed E-state index contributed by atoms with van der Waals surface area (Å²) in [5, 5.41) is 0. The van der Waals surface area contributed by atoms with E-state index in [1.54, 1.807) is 11.8 Å². The number of thiazole rings is 1. The van der Waals surface area contributed by atoms with E-state index in [0.29, 0.717) is 5.69 Å². The van der Waals surface area contributed by atoms with E-state index in [2.05, 4.69) is 4.98 Å². The van der Waals surface area contributed by atoms with Gasteiger partial charge in [0.2, 0.25) is 0 Å². The lowest BCUT2D eigenvalue weighted by atomic mass is 10.1. The SMILES string of the molecule is COC(=O)c1nc(Sc2ccccc2)sc1-c1ccccc1. The fraction of sp³-hybridized carbons (Fsp3) is 0.0588. The van der Waals surface area contributed by atoms with Crippen LogP contribution < -0.4 is 0 Å². The van der Waals surface area contributed by atoms with Crippen LogP contribution in [0, 0.1) is 0 Å². The normalized spacial score (nSPS) is 10.4. The van der Waals surface area contributed by atoms with Crippen LogP contribution >= 0.6 is 23.1 Å². The van der Waals surface area contributed by atoms with Gasteiger partial charge in [-0.3, -0.25) is 0 Å². The molecule has 0 atom stereocenters. The van der Waals surface area contributed by atoms with Crippen molar-refractivity contribution in [3.05, 3.63) is 66.4 Å². The van der Waals surface area contributed by atoms with E-state index >= 15 is 0 Å². The van der Waals surface area contributed by atoms with Crippen LogP contribution in [0.5, 0.6) is 0 Å². The van der Waals surface area contributed by atoms with Gasteiger partial charge < -0.3 is 4.74 Å². The molecule has 1 heterocycles. The Morgan fingerprint density at radius 2 is 1.68 bits per heavy atom. The van der Waals surface area contributed by atoms with Crippen molar-refractivity contribution >= 4 is 29.1 Å². The zero-order valence-corrected chi connectivity index (χ0v) is 13.5. The maximum absolute atomic E-state index is 12.0. The van der Waals surface area contributed by atoms with Crippen molar-refractivity contribution in [1.29, 1.82) is 0 Å². The van der Waals surface area contributed by atoms with Gasteiger partial charge in [0, 0.05) is 4.90 Å². The molecule has 3 nitrogen and oxygen atoms in total. The van der Waals surface area contributed by atoms with Gasteiger partial charge in [-0.25, -0.2) is 9.78 Å². The van der Waals surface area contributed by atoms with Crippen LogP contribution in [0.25, 0.3) is 10.4 Å². The third kappa shape index (κ3) is 3.21. The predicted octanol–water partition coefficient (Wildman–Crippen LogP) is 4.75.